The number of hydrogen-bond donors (Lipinski definition) is 1. The largest absolute Gasteiger partial charge is 0.454 e. The van der Waals surface area contributed by atoms with Crippen molar-refractivity contribution in [2.45, 2.75) is 13.5 Å². The van der Waals surface area contributed by atoms with Crippen LogP contribution in [-0.4, -0.2) is 16.6 Å². The molecule has 1 aromatic carbocycles. The molecule has 1 aromatic heterocycles. The number of nitrogens with zero attached hydrogens (tertiary/aromatic N) is 2. The van der Waals surface area contributed by atoms with E-state index in [2.05, 4.69) is 5.10 Å². The first kappa shape index (κ1) is 11.1. The Morgan fingerprint density at radius 3 is 2.83 bits per heavy atom. The minimum Gasteiger partial charge on any atom is -0.454 e. The highest BCUT2D eigenvalue weighted by Gasteiger charge is 2.17. The molecule has 5 nitrogen and oxygen atoms in total. The second kappa shape index (κ2) is 4.03. The van der Waals surface area contributed by atoms with Crippen molar-refractivity contribution in [1.29, 1.82) is 0 Å². The van der Waals surface area contributed by atoms with E-state index < -0.39 is 0 Å². The van der Waals surface area contributed by atoms with Crippen molar-refractivity contribution >= 4 is 0 Å². The predicted molar refractivity (Wildman–Crippen MR) is 67.4 cm³/mol. The molecule has 0 atom stereocenters. The zero-order valence-corrected chi connectivity index (χ0v) is 10.4. The number of rotatable bonds is 2. The van der Waals surface area contributed by atoms with Crippen LogP contribution in [-0.2, 0) is 13.6 Å². The summed E-state index contributed by atoms with van der Waals surface area (Å²) in [6, 6.07) is 5.86. The second-order valence-electron chi connectivity index (χ2n) is 4.32. The molecule has 94 valence electrons. The lowest BCUT2D eigenvalue weighted by Gasteiger charge is -2.01. The van der Waals surface area contributed by atoms with Gasteiger partial charge in [0.1, 0.15) is 0 Å². The monoisotopic (exact) mass is 245 g/mol. The fraction of sp³-hybridized carbons (Fsp3) is 0.308. The third-order valence-corrected chi connectivity index (χ3v) is 3.27. The standard InChI is InChI=1S/C13H15N3O2/c1-8-10(6-14)16(2)15-13(8)9-3-4-11-12(5-9)18-7-17-11/h3-5H,6-7,14H2,1-2H3. The summed E-state index contributed by atoms with van der Waals surface area (Å²) in [5, 5.41) is 4.52. The Labute approximate surface area is 105 Å². The molecule has 5 heteroatoms. The minimum absolute atomic E-state index is 0.286. The molecule has 0 bridgehead atoms. The lowest BCUT2D eigenvalue weighted by molar-refractivity contribution is 0.174. The maximum atomic E-state index is 5.73. The molecule has 2 aromatic rings. The number of benzene rings is 1. The molecule has 18 heavy (non-hydrogen) atoms. The molecular weight excluding hydrogens is 230 g/mol. The topological polar surface area (TPSA) is 62.3 Å². The molecule has 0 radical (unpaired) electrons. The van der Waals surface area contributed by atoms with E-state index in [-0.39, 0.29) is 6.79 Å². The molecule has 0 amide bonds. The molecule has 0 saturated carbocycles. The highest BCUT2D eigenvalue weighted by Crippen LogP contribution is 2.36. The Bertz CT molecular complexity index is 605. The van der Waals surface area contributed by atoms with Gasteiger partial charge in [0, 0.05) is 19.2 Å². The average molecular weight is 245 g/mol. The number of ether oxygens (including phenoxy) is 2. The Morgan fingerprint density at radius 1 is 1.33 bits per heavy atom. The minimum atomic E-state index is 0.286. The van der Waals surface area contributed by atoms with E-state index in [0.717, 1.165) is 34.0 Å². The molecule has 2 heterocycles. The highest BCUT2D eigenvalue weighted by atomic mass is 16.7. The molecule has 1 aliphatic rings. The molecule has 2 N–H and O–H groups in total. The van der Waals surface area contributed by atoms with E-state index >= 15 is 0 Å². The van der Waals surface area contributed by atoms with Crippen molar-refractivity contribution in [3.63, 3.8) is 0 Å². The molecule has 0 aliphatic carbocycles. The summed E-state index contributed by atoms with van der Waals surface area (Å²) in [6.45, 7) is 2.81. The van der Waals surface area contributed by atoms with Crippen LogP contribution in [0, 0.1) is 6.92 Å². The van der Waals surface area contributed by atoms with E-state index in [9.17, 15) is 0 Å². The first-order valence-corrected chi connectivity index (χ1v) is 5.83. The number of aryl methyl sites for hydroxylation is 1. The third kappa shape index (κ3) is 1.55. The van der Waals surface area contributed by atoms with Crippen molar-refractivity contribution in [2.75, 3.05) is 6.79 Å². The molecule has 0 unspecified atom stereocenters. The first-order valence-electron chi connectivity index (χ1n) is 5.83. The molecule has 0 fully saturated rings. The smallest absolute Gasteiger partial charge is 0.231 e. The van der Waals surface area contributed by atoms with Gasteiger partial charge in [0.2, 0.25) is 6.79 Å². The normalized spacial score (nSPS) is 13.1. The van der Waals surface area contributed by atoms with Crippen molar-refractivity contribution in [3.8, 4) is 22.8 Å². The molecular formula is C13H15N3O2. The quantitative estimate of drug-likeness (QED) is 0.872. The van der Waals surface area contributed by atoms with Crippen molar-refractivity contribution < 1.29 is 9.47 Å². The maximum Gasteiger partial charge on any atom is 0.231 e. The fourth-order valence-corrected chi connectivity index (χ4v) is 2.27. The zero-order chi connectivity index (χ0) is 12.7. The van der Waals surface area contributed by atoms with Gasteiger partial charge in [0.25, 0.3) is 0 Å². The lowest BCUT2D eigenvalue weighted by Crippen LogP contribution is -2.05. The van der Waals surface area contributed by atoms with Crippen LogP contribution in [0.15, 0.2) is 18.2 Å². The van der Waals surface area contributed by atoms with Crippen LogP contribution >= 0.6 is 0 Å². The summed E-state index contributed by atoms with van der Waals surface area (Å²) >= 11 is 0. The van der Waals surface area contributed by atoms with E-state index in [4.69, 9.17) is 15.2 Å². The van der Waals surface area contributed by atoms with Crippen molar-refractivity contribution in [2.24, 2.45) is 12.8 Å². The van der Waals surface area contributed by atoms with Gasteiger partial charge in [-0.3, -0.25) is 4.68 Å². The van der Waals surface area contributed by atoms with Crippen LogP contribution in [0.25, 0.3) is 11.3 Å². The van der Waals surface area contributed by atoms with Crippen molar-refractivity contribution in [3.05, 3.63) is 29.5 Å². The van der Waals surface area contributed by atoms with Gasteiger partial charge in [-0.15, -0.1) is 0 Å². The molecule has 3 rings (SSSR count). The van der Waals surface area contributed by atoms with E-state index in [0.29, 0.717) is 6.54 Å². The van der Waals surface area contributed by atoms with E-state index in [1.54, 1.807) is 0 Å². The highest BCUT2D eigenvalue weighted by molar-refractivity contribution is 5.67. The van der Waals surface area contributed by atoms with Crippen LogP contribution in [0.2, 0.25) is 0 Å². The lowest BCUT2D eigenvalue weighted by atomic mass is 10.1. The van der Waals surface area contributed by atoms with Gasteiger partial charge in [-0.2, -0.15) is 5.10 Å². The van der Waals surface area contributed by atoms with E-state index in [1.807, 2.05) is 36.9 Å². The summed E-state index contributed by atoms with van der Waals surface area (Å²) in [5.74, 6) is 1.55. The van der Waals surface area contributed by atoms with Crippen LogP contribution in [0.1, 0.15) is 11.3 Å². The molecule has 0 saturated heterocycles. The SMILES string of the molecule is Cc1c(-c2ccc3c(c2)OCO3)nn(C)c1CN. The van der Waals surface area contributed by atoms with Gasteiger partial charge in [0.05, 0.1) is 11.4 Å². The Balaban J connectivity index is 2.10. The van der Waals surface area contributed by atoms with Crippen LogP contribution in [0.5, 0.6) is 11.5 Å². The fourth-order valence-electron chi connectivity index (χ4n) is 2.27. The number of nitrogens with two attached hydrogens (primary N) is 1. The Kier molecular flexibility index (Phi) is 2.48. The molecule has 0 spiro atoms. The number of hydrogen-bond acceptors (Lipinski definition) is 4. The van der Waals surface area contributed by atoms with Crippen LogP contribution in [0.4, 0.5) is 0 Å². The van der Waals surface area contributed by atoms with Gasteiger partial charge in [-0.05, 0) is 30.7 Å². The Morgan fingerprint density at radius 2 is 2.11 bits per heavy atom. The van der Waals surface area contributed by atoms with Gasteiger partial charge in [0.15, 0.2) is 11.5 Å². The first-order chi connectivity index (χ1) is 8.70. The van der Waals surface area contributed by atoms with Crippen LogP contribution in [0.3, 0.4) is 0 Å². The van der Waals surface area contributed by atoms with Crippen LogP contribution < -0.4 is 15.2 Å². The average Bonchev–Trinajstić information content (AvgIpc) is 2.93. The van der Waals surface area contributed by atoms with Gasteiger partial charge >= 0.3 is 0 Å². The second-order valence-corrected chi connectivity index (χ2v) is 4.32. The summed E-state index contributed by atoms with van der Waals surface area (Å²) in [5.41, 5.74) is 9.84. The van der Waals surface area contributed by atoms with Gasteiger partial charge in [-0.25, -0.2) is 0 Å². The maximum absolute atomic E-state index is 5.73. The number of fused-ring (bicyclic) bond motifs is 1. The number of aromatic nitrogens is 2. The summed E-state index contributed by atoms with van der Waals surface area (Å²) in [6.07, 6.45) is 0. The van der Waals surface area contributed by atoms with Gasteiger partial charge < -0.3 is 15.2 Å². The zero-order valence-electron chi connectivity index (χ0n) is 10.4. The predicted octanol–water partition coefficient (Wildman–Crippen LogP) is 1.58. The molecule has 1 aliphatic heterocycles. The third-order valence-electron chi connectivity index (χ3n) is 3.27. The van der Waals surface area contributed by atoms with Gasteiger partial charge in [-0.1, -0.05) is 0 Å². The Hall–Kier alpha value is -2.01. The summed E-state index contributed by atoms with van der Waals surface area (Å²) in [7, 11) is 1.91. The van der Waals surface area contributed by atoms with E-state index in [1.165, 1.54) is 0 Å². The van der Waals surface area contributed by atoms with Crippen molar-refractivity contribution in [1.82, 2.24) is 9.78 Å². The summed E-state index contributed by atoms with van der Waals surface area (Å²) < 4.78 is 12.5. The summed E-state index contributed by atoms with van der Waals surface area (Å²) in [4.78, 5) is 0.